The van der Waals surface area contributed by atoms with Gasteiger partial charge in [-0.1, -0.05) is 0 Å². The van der Waals surface area contributed by atoms with Crippen LogP contribution >= 0.6 is 0 Å². The topological polar surface area (TPSA) is 76.1 Å². The molecule has 6 heteroatoms. The van der Waals surface area contributed by atoms with Crippen LogP contribution in [0.15, 0.2) is 18.5 Å². The van der Waals surface area contributed by atoms with Crippen LogP contribution in [-0.2, 0) is 4.74 Å². The Kier molecular flexibility index (Phi) is 4.98. The number of hydrogen-bond donors (Lipinski definition) is 2. The second-order valence-electron chi connectivity index (χ2n) is 6.41. The molecule has 1 aromatic rings. The monoisotopic (exact) mass is 292 g/mol. The lowest BCUT2D eigenvalue weighted by atomic mass is 9.91. The Morgan fingerprint density at radius 2 is 1.71 bits per heavy atom. The normalized spacial score (nSPS) is 22.4. The van der Waals surface area contributed by atoms with Gasteiger partial charge in [-0.05, 0) is 52.5 Å². The zero-order chi connectivity index (χ0) is 15.3. The van der Waals surface area contributed by atoms with Crippen LogP contribution in [0, 0.1) is 0 Å². The maximum Gasteiger partial charge on any atom is 0.407 e. The molecular weight excluding hydrogens is 268 g/mol. The first-order valence-electron chi connectivity index (χ1n) is 7.45. The average molecular weight is 292 g/mol. The summed E-state index contributed by atoms with van der Waals surface area (Å²) in [4.78, 5) is 20.1. The van der Waals surface area contributed by atoms with Crippen LogP contribution in [0.1, 0.15) is 46.5 Å². The number of aromatic nitrogens is 2. The van der Waals surface area contributed by atoms with Crippen LogP contribution in [0.4, 0.5) is 10.7 Å². The molecule has 21 heavy (non-hydrogen) atoms. The number of carbonyl (C=O) groups excluding carboxylic acids is 1. The number of nitrogens with one attached hydrogen (secondary N) is 2. The minimum absolute atomic E-state index is 0.189. The van der Waals surface area contributed by atoms with E-state index in [9.17, 15) is 4.79 Å². The highest BCUT2D eigenvalue weighted by Crippen LogP contribution is 2.21. The molecule has 0 atom stereocenters. The molecule has 0 saturated heterocycles. The molecular formula is C15H24N4O2. The molecule has 1 amide bonds. The van der Waals surface area contributed by atoms with Gasteiger partial charge in [-0.3, -0.25) is 0 Å². The first kappa shape index (κ1) is 15.5. The summed E-state index contributed by atoms with van der Waals surface area (Å²) in [6.07, 6.45) is 6.96. The van der Waals surface area contributed by atoms with Crippen molar-refractivity contribution in [3.05, 3.63) is 18.5 Å². The fraction of sp³-hybridized carbons (Fsp3) is 0.667. The van der Waals surface area contributed by atoms with Gasteiger partial charge in [0.25, 0.3) is 0 Å². The van der Waals surface area contributed by atoms with Crippen LogP contribution in [-0.4, -0.2) is 33.7 Å². The smallest absolute Gasteiger partial charge is 0.407 e. The molecule has 6 nitrogen and oxygen atoms in total. The van der Waals surface area contributed by atoms with Crippen molar-refractivity contribution in [1.82, 2.24) is 15.3 Å². The predicted octanol–water partition coefficient (Wildman–Crippen LogP) is 2.72. The van der Waals surface area contributed by atoms with Gasteiger partial charge in [0.15, 0.2) is 0 Å². The van der Waals surface area contributed by atoms with E-state index < -0.39 is 5.60 Å². The van der Waals surface area contributed by atoms with E-state index in [0.29, 0.717) is 12.0 Å². The van der Waals surface area contributed by atoms with Crippen molar-refractivity contribution >= 4 is 12.0 Å². The third kappa shape index (κ3) is 5.57. The zero-order valence-electron chi connectivity index (χ0n) is 12.9. The molecule has 0 unspecified atom stereocenters. The van der Waals surface area contributed by atoms with E-state index in [0.717, 1.165) is 25.7 Å². The molecule has 1 aliphatic rings. The number of nitrogens with zero attached hydrogens (tertiary/aromatic N) is 2. The van der Waals surface area contributed by atoms with E-state index in [-0.39, 0.29) is 12.1 Å². The van der Waals surface area contributed by atoms with Gasteiger partial charge in [0, 0.05) is 24.5 Å². The second kappa shape index (κ2) is 6.74. The Hall–Kier alpha value is -1.85. The molecule has 2 N–H and O–H groups in total. The van der Waals surface area contributed by atoms with Crippen molar-refractivity contribution in [3.63, 3.8) is 0 Å². The lowest BCUT2D eigenvalue weighted by Crippen LogP contribution is -2.42. The van der Waals surface area contributed by atoms with E-state index >= 15 is 0 Å². The van der Waals surface area contributed by atoms with Crippen molar-refractivity contribution < 1.29 is 9.53 Å². The molecule has 116 valence electrons. The van der Waals surface area contributed by atoms with Gasteiger partial charge in [0.2, 0.25) is 5.95 Å². The van der Waals surface area contributed by atoms with E-state index in [4.69, 9.17) is 4.74 Å². The summed E-state index contributed by atoms with van der Waals surface area (Å²) in [5.74, 6) is 0.668. The largest absolute Gasteiger partial charge is 0.444 e. The molecule has 1 saturated carbocycles. The number of rotatable bonds is 3. The lowest BCUT2D eigenvalue weighted by Gasteiger charge is -2.30. The predicted molar refractivity (Wildman–Crippen MR) is 81.1 cm³/mol. The van der Waals surface area contributed by atoms with Crippen LogP contribution in [0.5, 0.6) is 0 Å². The van der Waals surface area contributed by atoms with Crippen LogP contribution in [0.2, 0.25) is 0 Å². The first-order valence-corrected chi connectivity index (χ1v) is 7.45. The fourth-order valence-corrected chi connectivity index (χ4v) is 2.41. The lowest BCUT2D eigenvalue weighted by molar-refractivity contribution is 0.0492. The summed E-state index contributed by atoms with van der Waals surface area (Å²) in [7, 11) is 0. The van der Waals surface area contributed by atoms with E-state index in [1.807, 2.05) is 20.8 Å². The van der Waals surface area contributed by atoms with Crippen molar-refractivity contribution in [2.75, 3.05) is 5.32 Å². The summed E-state index contributed by atoms with van der Waals surface area (Å²) in [6.45, 7) is 5.60. The summed E-state index contributed by atoms with van der Waals surface area (Å²) < 4.78 is 5.28. The summed E-state index contributed by atoms with van der Waals surface area (Å²) >= 11 is 0. The number of ether oxygens (including phenoxy) is 1. The number of amides is 1. The van der Waals surface area contributed by atoms with Gasteiger partial charge >= 0.3 is 6.09 Å². The molecule has 0 spiro atoms. The Morgan fingerprint density at radius 1 is 1.14 bits per heavy atom. The molecule has 0 aliphatic heterocycles. The van der Waals surface area contributed by atoms with Gasteiger partial charge in [-0.25, -0.2) is 14.8 Å². The summed E-state index contributed by atoms with van der Waals surface area (Å²) in [6, 6.07) is 2.35. The Labute approximate surface area is 125 Å². The summed E-state index contributed by atoms with van der Waals surface area (Å²) in [5.41, 5.74) is -0.451. The number of anilines is 1. The Balaban J connectivity index is 1.72. The first-order chi connectivity index (χ1) is 9.92. The molecule has 1 aromatic heterocycles. The van der Waals surface area contributed by atoms with Gasteiger partial charge in [0.1, 0.15) is 5.60 Å². The molecule has 0 aromatic carbocycles. The molecule has 0 radical (unpaired) electrons. The van der Waals surface area contributed by atoms with Crippen molar-refractivity contribution in [3.8, 4) is 0 Å². The third-order valence-electron chi connectivity index (χ3n) is 3.35. The Bertz CT molecular complexity index is 450. The van der Waals surface area contributed by atoms with E-state index in [1.54, 1.807) is 18.5 Å². The quantitative estimate of drug-likeness (QED) is 0.896. The zero-order valence-corrected chi connectivity index (χ0v) is 12.9. The van der Waals surface area contributed by atoms with Crippen molar-refractivity contribution in [2.45, 2.75) is 64.1 Å². The van der Waals surface area contributed by atoms with E-state index in [1.165, 1.54) is 0 Å². The van der Waals surface area contributed by atoms with Crippen LogP contribution in [0.25, 0.3) is 0 Å². The minimum atomic E-state index is -0.451. The fourth-order valence-electron chi connectivity index (χ4n) is 2.41. The van der Waals surface area contributed by atoms with Crippen molar-refractivity contribution in [2.24, 2.45) is 0 Å². The second-order valence-corrected chi connectivity index (χ2v) is 6.41. The van der Waals surface area contributed by atoms with Gasteiger partial charge in [-0.15, -0.1) is 0 Å². The standard InChI is InChI=1S/C15H24N4O2/c1-15(2,3)21-14(20)19-12-7-5-11(6-8-12)18-13-16-9-4-10-17-13/h4,9-12H,5-8H2,1-3H3,(H,19,20)(H,16,17,18)/t11-,12+. The highest BCUT2D eigenvalue weighted by Gasteiger charge is 2.24. The molecule has 1 fully saturated rings. The maximum atomic E-state index is 11.7. The highest BCUT2D eigenvalue weighted by atomic mass is 16.6. The van der Waals surface area contributed by atoms with Gasteiger partial charge in [-0.2, -0.15) is 0 Å². The number of carbonyl (C=O) groups is 1. The van der Waals surface area contributed by atoms with Gasteiger partial charge < -0.3 is 15.4 Å². The van der Waals surface area contributed by atoms with Crippen LogP contribution in [0.3, 0.4) is 0 Å². The Morgan fingerprint density at radius 3 is 2.29 bits per heavy atom. The molecule has 0 bridgehead atoms. The summed E-state index contributed by atoms with van der Waals surface area (Å²) in [5, 5.41) is 6.27. The third-order valence-corrected chi connectivity index (χ3v) is 3.35. The average Bonchev–Trinajstić information content (AvgIpc) is 2.40. The molecule has 1 heterocycles. The SMILES string of the molecule is CC(C)(C)OC(=O)N[C@H]1CC[C@@H](Nc2ncccn2)CC1. The van der Waals surface area contributed by atoms with E-state index in [2.05, 4.69) is 20.6 Å². The van der Waals surface area contributed by atoms with Crippen molar-refractivity contribution in [1.29, 1.82) is 0 Å². The van der Waals surface area contributed by atoms with Gasteiger partial charge in [0.05, 0.1) is 0 Å². The van der Waals surface area contributed by atoms with Crippen LogP contribution < -0.4 is 10.6 Å². The highest BCUT2D eigenvalue weighted by molar-refractivity contribution is 5.68. The molecule has 2 rings (SSSR count). The number of alkyl carbamates (subject to hydrolysis) is 1. The molecule has 1 aliphatic carbocycles. The minimum Gasteiger partial charge on any atom is -0.444 e. The number of hydrogen-bond acceptors (Lipinski definition) is 5. The maximum absolute atomic E-state index is 11.7.